The van der Waals surface area contributed by atoms with E-state index in [4.69, 9.17) is 5.73 Å². The van der Waals surface area contributed by atoms with Crippen LogP contribution in [0.4, 0.5) is 0 Å². The number of hydrogen-bond donors (Lipinski definition) is 1. The lowest BCUT2D eigenvalue weighted by Gasteiger charge is -2.32. The van der Waals surface area contributed by atoms with E-state index >= 15 is 0 Å². The molecule has 1 nitrogen and oxygen atoms in total. The van der Waals surface area contributed by atoms with Crippen LogP contribution in [0.15, 0.2) is 0 Å². The molecule has 0 bridgehead atoms. The third kappa shape index (κ3) is 2.50. The first-order chi connectivity index (χ1) is 6.36. The summed E-state index contributed by atoms with van der Waals surface area (Å²) in [6.07, 6.45) is 4.03. The summed E-state index contributed by atoms with van der Waals surface area (Å²) >= 11 is 0. The molecule has 0 heterocycles. The molecular formula is C13H27N. The summed E-state index contributed by atoms with van der Waals surface area (Å²) in [5.41, 5.74) is 6.61. The normalized spacial score (nSPS) is 36.0. The second kappa shape index (κ2) is 4.22. The van der Waals surface area contributed by atoms with Crippen molar-refractivity contribution in [3.63, 3.8) is 0 Å². The first-order valence-corrected chi connectivity index (χ1v) is 6.11. The summed E-state index contributed by atoms with van der Waals surface area (Å²) in [4.78, 5) is 0. The standard InChI is InChI=1S/C13H27N/c1-6-10-8-11(7-9(10)2)12(14)13(3,4)5/h9-12H,6-8,14H2,1-5H3. The highest BCUT2D eigenvalue weighted by atomic mass is 14.7. The van der Waals surface area contributed by atoms with Gasteiger partial charge in [-0.1, -0.05) is 41.0 Å². The van der Waals surface area contributed by atoms with Gasteiger partial charge in [0.25, 0.3) is 0 Å². The largest absolute Gasteiger partial charge is 0.327 e. The molecule has 1 aliphatic rings. The van der Waals surface area contributed by atoms with Crippen LogP contribution in [0.2, 0.25) is 0 Å². The Bertz CT molecular complexity index is 180. The van der Waals surface area contributed by atoms with E-state index in [-0.39, 0.29) is 5.41 Å². The maximum atomic E-state index is 6.34. The fraction of sp³-hybridized carbons (Fsp3) is 1.00. The fourth-order valence-corrected chi connectivity index (χ4v) is 2.96. The van der Waals surface area contributed by atoms with Gasteiger partial charge in [-0.2, -0.15) is 0 Å². The monoisotopic (exact) mass is 197 g/mol. The second-order valence-electron chi connectivity index (χ2n) is 6.27. The van der Waals surface area contributed by atoms with E-state index in [1.165, 1.54) is 19.3 Å². The van der Waals surface area contributed by atoms with Gasteiger partial charge in [0.1, 0.15) is 0 Å². The highest BCUT2D eigenvalue weighted by Gasteiger charge is 2.37. The van der Waals surface area contributed by atoms with Crippen molar-refractivity contribution >= 4 is 0 Å². The van der Waals surface area contributed by atoms with Gasteiger partial charge >= 0.3 is 0 Å². The molecule has 0 spiro atoms. The molecule has 4 unspecified atom stereocenters. The lowest BCUT2D eigenvalue weighted by Crippen LogP contribution is -2.40. The highest BCUT2D eigenvalue weighted by molar-refractivity contribution is 4.91. The smallest absolute Gasteiger partial charge is 0.0116 e. The molecule has 1 rings (SSSR count). The molecule has 0 aromatic rings. The van der Waals surface area contributed by atoms with Gasteiger partial charge in [-0.05, 0) is 36.0 Å². The SMILES string of the molecule is CCC1CC(C(N)C(C)(C)C)CC1C. The lowest BCUT2D eigenvalue weighted by atomic mass is 9.78. The maximum Gasteiger partial charge on any atom is 0.0116 e. The molecule has 0 aromatic heterocycles. The van der Waals surface area contributed by atoms with Gasteiger partial charge in [-0.3, -0.25) is 0 Å². The van der Waals surface area contributed by atoms with Gasteiger partial charge in [0.15, 0.2) is 0 Å². The predicted molar refractivity (Wildman–Crippen MR) is 63.1 cm³/mol. The Morgan fingerprint density at radius 3 is 2.21 bits per heavy atom. The fourth-order valence-electron chi connectivity index (χ4n) is 2.96. The summed E-state index contributed by atoms with van der Waals surface area (Å²) in [7, 11) is 0. The zero-order valence-electron chi connectivity index (χ0n) is 10.5. The quantitative estimate of drug-likeness (QED) is 0.721. The van der Waals surface area contributed by atoms with Crippen LogP contribution in [0.3, 0.4) is 0 Å². The Balaban J connectivity index is 2.57. The number of hydrogen-bond acceptors (Lipinski definition) is 1. The van der Waals surface area contributed by atoms with Crippen molar-refractivity contribution in [2.45, 2.75) is 59.9 Å². The molecule has 84 valence electrons. The Labute approximate surface area is 89.5 Å². The van der Waals surface area contributed by atoms with Gasteiger partial charge in [-0.25, -0.2) is 0 Å². The first kappa shape index (κ1) is 12.0. The summed E-state index contributed by atoms with van der Waals surface area (Å²) in [5.74, 6) is 2.57. The Morgan fingerprint density at radius 2 is 1.86 bits per heavy atom. The van der Waals surface area contributed by atoms with E-state index in [0.29, 0.717) is 6.04 Å². The molecule has 0 saturated heterocycles. The van der Waals surface area contributed by atoms with E-state index in [1.54, 1.807) is 0 Å². The zero-order chi connectivity index (χ0) is 10.9. The lowest BCUT2D eigenvalue weighted by molar-refractivity contribution is 0.233. The van der Waals surface area contributed by atoms with Crippen LogP contribution in [0.1, 0.15) is 53.9 Å². The molecule has 0 aliphatic heterocycles. The molecule has 0 amide bonds. The topological polar surface area (TPSA) is 26.0 Å². The summed E-state index contributed by atoms with van der Waals surface area (Å²) < 4.78 is 0. The molecule has 14 heavy (non-hydrogen) atoms. The van der Waals surface area contributed by atoms with E-state index in [9.17, 15) is 0 Å². The van der Waals surface area contributed by atoms with Crippen LogP contribution in [-0.4, -0.2) is 6.04 Å². The van der Waals surface area contributed by atoms with E-state index in [1.807, 2.05) is 0 Å². The van der Waals surface area contributed by atoms with Crippen LogP contribution in [0.25, 0.3) is 0 Å². The molecule has 4 atom stereocenters. The molecule has 1 aliphatic carbocycles. The summed E-state index contributed by atoms with van der Waals surface area (Å²) in [6, 6.07) is 0.376. The molecule has 0 aromatic carbocycles. The second-order valence-corrected chi connectivity index (χ2v) is 6.27. The zero-order valence-corrected chi connectivity index (χ0v) is 10.5. The minimum Gasteiger partial charge on any atom is -0.327 e. The maximum absolute atomic E-state index is 6.34. The minimum absolute atomic E-state index is 0.271. The van der Waals surface area contributed by atoms with Crippen molar-refractivity contribution in [3.8, 4) is 0 Å². The van der Waals surface area contributed by atoms with Crippen molar-refractivity contribution in [1.82, 2.24) is 0 Å². The summed E-state index contributed by atoms with van der Waals surface area (Å²) in [5, 5.41) is 0. The predicted octanol–water partition coefficient (Wildman–Crippen LogP) is 3.43. The number of rotatable bonds is 2. The highest BCUT2D eigenvalue weighted by Crippen LogP contribution is 2.42. The van der Waals surface area contributed by atoms with Crippen LogP contribution < -0.4 is 5.73 Å². The van der Waals surface area contributed by atoms with E-state index in [0.717, 1.165) is 17.8 Å². The van der Waals surface area contributed by atoms with Crippen LogP contribution in [-0.2, 0) is 0 Å². The van der Waals surface area contributed by atoms with Gasteiger partial charge in [0, 0.05) is 6.04 Å². The Kier molecular flexibility index (Phi) is 3.63. The van der Waals surface area contributed by atoms with Crippen molar-refractivity contribution in [2.75, 3.05) is 0 Å². The van der Waals surface area contributed by atoms with E-state index < -0.39 is 0 Å². The molecule has 1 fully saturated rings. The Morgan fingerprint density at radius 1 is 1.29 bits per heavy atom. The molecule has 0 radical (unpaired) electrons. The van der Waals surface area contributed by atoms with Crippen LogP contribution in [0, 0.1) is 23.2 Å². The average Bonchev–Trinajstić information content (AvgIpc) is 2.43. The van der Waals surface area contributed by atoms with Crippen molar-refractivity contribution < 1.29 is 0 Å². The molecular weight excluding hydrogens is 170 g/mol. The van der Waals surface area contributed by atoms with Crippen LogP contribution in [0.5, 0.6) is 0 Å². The van der Waals surface area contributed by atoms with Gasteiger partial charge in [0.2, 0.25) is 0 Å². The van der Waals surface area contributed by atoms with Gasteiger partial charge in [-0.15, -0.1) is 0 Å². The third-order valence-corrected chi connectivity index (χ3v) is 4.12. The average molecular weight is 197 g/mol. The van der Waals surface area contributed by atoms with Gasteiger partial charge < -0.3 is 5.73 Å². The van der Waals surface area contributed by atoms with E-state index in [2.05, 4.69) is 34.6 Å². The minimum atomic E-state index is 0.271. The Hall–Kier alpha value is -0.0400. The van der Waals surface area contributed by atoms with Crippen molar-refractivity contribution in [2.24, 2.45) is 28.9 Å². The first-order valence-electron chi connectivity index (χ1n) is 6.11. The summed E-state index contributed by atoms with van der Waals surface area (Å²) in [6.45, 7) is 11.5. The third-order valence-electron chi connectivity index (χ3n) is 4.12. The molecule has 1 heteroatoms. The molecule has 2 N–H and O–H groups in total. The van der Waals surface area contributed by atoms with Crippen LogP contribution >= 0.6 is 0 Å². The van der Waals surface area contributed by atoms with Crippen molar-refractivity contribution in [1.29, 1.82) is 0 Å². The number of nitrogens with two attached hydrogens (primary N) is 1. The molecule has 1 saturated carbocycles. The van der Waals surface area contributed by atoms with Crippen molar-refractivity contribution in [3.05, 3.63) is 0 Å². The van der Waals surface area contributed by atoms with Gasteiger partial charge in [0.05, 0.1) is 0 Å².